The third-order valence-corrected chi connectivity index (χ3v) is 9.16. The van der Waals surface area contributed by atoms with Crippen LogP contribution in [-0.2, 0) is 24.8 Å². The molecule has 192 valence electrons. The van der Waals surface area contributed by atoms with Gasteiger partial charge in [-0.25, -0.2) is 21.1 Å². The molecule has 0 atom stereocenters. The van der Waals surface area contributed by atoms with Crippen LogP contribution in [0.15, 0.2) is 58.3 Å². The van der Waals surface area contributed by atoms with Crippen molar-refractivity contribution in [2.45, 2.75) is 36.5 Å². The average Bonchev–Trinajstić information content (AvgIpc) is 2.82. The van der Waals surface area contributed by atoms with Gasteiger partial charge in [0.25, 0.3) is 10.0 Å². The van der Waals surface area contributed by atoms with Crippen molar-refractivity contribution in [1.29, 1.82) is 0 Å². The Hall–Kier alpha value is -2.63. The van der Waals surface area contributed by atoms with E-state index in [-0.39, 0.29) is 21.6 Å². The van der Waals surface area contributed by atoms with Gasteiger partial charge in [-0.2, -0.15) is 0 Å². The fourth-order valence-electron chi connectivity index (χ4n) is 3.87. The summed E-state index contributed by atoms with van der Waals surface area (Å²) in [7, 11) is -4.77. The van der Waals surface area contributed by atoms with Gasteiger partial charge in [-0.05, 0) is 55.2 Å². The molecule has 0 aliphatic carbocycles. The number of amides is 1. The number of carbonyl (C=O) groups excluding carboxylic acids is 1. The molecule has 1 heterocycles. The monoisotopic (exact) mass is 522 g/mol. The maximum atomic E-state index is 13.1. The molecule has 1 aliphatic rings. The Morgan fingerprint density at radius 2 is 1.54 bits per heavy atom. The smallest absolute Gasteiger partial charge is 0.261 e. The minimum absolute atomic E-state index is 0.0159. The number of rotatable bonds is 9. The van der Waals surface area contributed by atoms with E-state index < -0.39 is 20.0 Å². The van der Waals surface area contributed by atoms with Gasteiger partial charge in [0.05, 0.1) is 21.2 Å². The molecule has 0 radical (unpaired) electrons. The highest BCUT2D eigenvalue weighted by atomic mass is 32.2. The number of carbonyl (C=O) groups is 1. The molecule has 1 amide bonds. The SMILES string of the molecule is CC(C)CNC(=O)C1CCN(c2ccccc2NS(=O)(=O)c2ccc(S(=O)(=O)N(C)C)cc2)CC1. The summed E-state index contributed by atoms with van der Waals surface area (Å²) in [5.74, 6) is 0.422. The van der Waals surface area contributed by atoms with E-state index in [0.29, 0.717) is 44.1 Å². The molecule has 0 aromatic heterocycles. The number of hydrogen-bond acceptors (Lipinski definition) is 6. The predicted octanol–water partition coefficient (Wildman–Crippen LogP) is 2.73. The maximum absolute atomic E-state index is 13.1. The van der Waals surface area contributed by atoms with Crippen LogP contribution in [0, 0.1) is 11.8 Å². The van der Waals surface area contributed by atoms with Crippen molar-refractivity contribution in [3.63, 3.8) is 0 Å². The van der Waals surface area contributed by atoms with Gasteiger partial charge in [0, 0.05) is 39.6 Å². The zero-order chi connectivity index (χ0) is 25.8. The first kappa shape index (κ1) is 27.0. The zero-order valence-corrected chi connectivity index (χ0v) is 22.2. The van der Waals surface area contributed by atoms with Crippen molar-refractivity contribution in [3.05, 3.63) is 48.5 Å². The van der Waals surface area contributed by atoms with Crippen LogP contribution in [0.2, 0.25) is 0 Å². The Balaban J connectivity index is 1.72. The summed E-state index contributed by atoms with van der Waals surface area (Å²) in [4.78, 5) is 14.5. The Kier molecular flexibility index (Phi) is 8.45. The molecule has 2 aromatic carbocycles. The van der Waals surface area contributed by atoms with E-state index in [1.165, 1.54) is 38.4 Å². The number of benzene rings is 2. The molecular formula is C24H34N4O5S2. The van der Waals surface area contributed by atoms with Gasteiger partial charge in [0.15, 0.2) is 0 Å². The number of nitrogens with zero attached hydrogens (tertiary/aromatic N) is 2. The first-order chi connectivity index (χ1) is 16.4. The summed E-state index contributed by atoms with van der Waals surface area (Å²) < 4.78 is 54.4. The summed E-state index contributed by atoms with van der Waals surface area (Å²) in [6.07, 6.45) is 1.37. The van der Waals surface area contributed by atoms with Crippen LogP contribution < -0.4 is 14.9 Å². The summed E-state index contributed by atoms with van der Waals surface area (Å²) in [6.45, 7) is 6.04. The van der Waals surface area contributed by atoms with Crippen LogP contribution >= 0.6 is 0 Å². The van der Waals surface area contributed by atoms with Crippen LogP contribution in [0.3, 0.4) is 0 Å². The van der Waals surface area contributed by atoms with Crippen LogP contribution in [0.25, 0.3) is 0 Å². The fraction of sp³-hybridized carbons (Fsp3) is 0.458. The number of sulfonamides is 2. The third kappa shape index (κ3) is 6.53. The minimum Gasteiger partial charge on any atom is -0.370 e. The van der Waals surface area contributed by atoms with E-state index in [0.717, 1.165) is 9.99 Å². The predicted molar refractivity (Wildman–Crippen MR) is 137 cm³/mol. The highest BCUT2D eigenvalue weighted by molar-refractivity contribution is 7.92. The van der Waals surface area contributed by atoms with Crippen LogP contribution in [0.4, 0.5) is 11.4 Å². The first-order valence-corrected chi connectivity index (χ1v) is 14.5. The maximum Gasteiger partial charge on any atom is 0.261 e. The van der Waals surface area contributed by atoms with Gasteiger partial charge < -0.3 is 10.2 Å². The van der Waals surface area contributed by atoms with E-state index >= 15 is 0 Å². The second-order valence-electron chi connectivity index (χ2n) is 9.28. The van der Waals surface area contributed by atoms with E-state index in [4.69, 9.17) is 0 Å². The lowest BCUT2D eigenvalue weighted by atomic mass is 9.95. The first-order valence-electron chi connectivity index (χ1n) is 11.6. The zero-order valence-electron chi connectivity index (χ0n) is 20.6. The summed E-state index contributed by atoms with van der Waals surface area (Å²) in [5.41, 5.74) is 1.17. The molecule has 3 rings (SSSR count). The standard InChI is InChI=1S/C24H34N4O5S2/c1-18(2)17-25-24(29)19-13-15-28(16-14-19)23-8-6-5-7-22(23)26-34(30,31)20-9-11-21(12-10-20)35(32,33)27(3)4/h5-12,18-19,26H,13-17H2,1-4H3,(H,25,29). The summed E-state index contributed by atoms with van der Waals surface area (Å²) >= 11 is 0. The molecule has 1 saturated heterocycles. The molecular weight excluding hydrogens is 488 g/mol. The second kappa shape index (κ2) is 11.0. The summed E-state index contributed by atoms with van der Waals surface area (Å²) in [6, 6.07) is 12.3. The van der Waals surface area contributed by atoms with Crippen molar-refractivity contribution in [2.75, 3.05) is 43.4 Å². The number of para-hydroxylation sites is 2. The largest absolute Gasteiger partial charge is 0.370 e. The molecule has 0 spiro atoms. The molecule has 9 nitrogen and oxygen atoms in total. The van der Waals surface area contributed by atoms with E-state index in [2.05, 4.69) is 28.8 Å². The van der Waals surface area contributed by atoms with Gasteiger partial charge in [-0.3, -0.25) is 9.52 Å². The van der Waals surface area contributed by atoms with Gasteiger partial charge in [0.1, 0.15) is 0 Å². The molecule has 0 unspecified atom stereocenters. The Morgan fingerprint density at radius 3 is 2.11 bits per heavy atom. The van der Waals surface area contributed by atoms with E-state index in [1.807, 2.05) is 12.1 Å². The normalized spacial score (nSPS) is 15.4. The van der Waals surface area contributed by atoms with Crippen molar-refractivity contribution in [1.82, 2.24) is 9.62 Å². The quantitative estimate of drug-likeness (QED) is 0.523. The lowest BCUT2D eigenvalue weighted by molar-refractivity contribution is -0.125. The van der Waals surface area contributed by atoms with Crippen molar-refractivity contribution >= 4 is 37.3 Å². The molecule has 1 aliphatic heterocycles. The highest BCUT2D eigenvalue weighted by Crippen LogP contribution is 2.31. The molecule has 0 bridgehead atoms. The Morgan fingerprint density at radius 1 is 0.971 bits per heavy atom. The molecule has 35 heavy (non-hydrogen) atoms. The fourth-order valence-corrected chi connectivity index (χ4v) is 5.85. The van der Waals surface area contributed by atoms with Crippen LogP contribution in [0.5, 0.6) is 0 Å². The van der Waals surface area contributed by atoms with Crippen molar-refractivity contribution in [3.8, 4) is 0 Å². The van der Waals surface area contributed by atoms with Gasteiger partial charge in [0.2, 0.25) is 15.9 Å². The number of nitrogens with one attached hydrogen (secondary N) is 2. The molecule has 0 saturated carbocycles. The van der Waals surface area contributed by atoms with Gasteiger partial charge in [-0.1, -0.05) is 26.0 Å². The number of hydrogen-bond donors (Lipinski definition) is 2. The Bertz CT molecular complexity index is 1230. The number of anilines is 2. The molecule has 11 heteroatoms. The van der Waals surface area contributed by atoms with Gasteiger partial charge >= 0.3 is 0 Å². The lowest BCUT2D eigenvalue weighted by Crippen LogP contribution is -2.41. The summed E-state index contributed by atoms with van der Waals surface area (Å²) in [5, 5.41) is 3.00. The lowest BCUT2D eigenvalue weighted by Gasteiger charge is -2.34. The van der Waals surface area contributed by atoms with E-state index in [1.54, 1.807) is 12.1 Å². The number of piperidine rings is 1. The van der Waals surface area contributed by atoms with Crippen LogP contribution in [0.1, 0.15) is 26.7 Å². The Labute approximate surface area is 208 Å². The van der Waals surface area contributed by atoms with Crippen LogP contribution in [-0.4, -0.2) is 60.8 Å². The molecule has 2 N–H and O–H groups in total. The molecule has 2 aromatic rings. The minimum atomic E-state index is -3.95. The van der Waals surface area contributed by atoms with Crippen molar-refractivity contribution in [2.24, 2.45) is 11.8 Å². The van der Waals surface area contributed by atoms with Crippen molar-refractivity contribution < 1.29 is 21.6 Å². The second-order valence-corrected chi connectivity index (χ2v) is 13.1. The highest BCUT2D eigenvalue weighted by Gasteiger charge is 2.27. The van der Waals surface area contributed by atoms with E-state index in [9.17, 15) is 21.6 Å². The topological polar surface area (TPSA) is 116 Å². The van der Waals surface area contributed by atoms with Gasteiger partial charge in [-0.15, -0.1) is 0 Å². The average molecular weight is 523 g/mol. The molecule has 1 fully saturated rings. The third-order valence-electron chi connectivity index (χ3n) is 5.95.